The van der Waals surface area contributed by atoms with E-state index in [0.29, 0.717) is 39.1 Å². The lowest BCUT2D eigenvalue weighted by Gasteiger charge is -2.35. The molecule has 0 unspecified atom stereocenters. The molecule has 0 atom stereocenters. The van der Waals surface area contributed by atoms with E-state index in [-0.39, 0.29) is 11.8 Å². The van der Waals surface area contributed by atoms with Gasteiger partial charge in [0.25, 0.3) is 0 Å². The van der Waals surface area contributed by atoms with E-state index in [2.05, 4.69) is 22.8 Å². The van der Waals surface area contributed by atoms with Gasteiger partial charge in [-0.25, -0.2) is 0 Å². The van der Waals surface area contributed by atoms with E-state index in [0.717, 1.165) is 25.9 Å². The van der Waals surface area contributed by atoms with Gasteiger partial charge < -0.3 is 20.3 Å². The summed E-state index contributed by atoms with van der Waals surface area (Å²) in [5.74, 6) is 0.214. The minimum atomic E-state index is -0.430. The van der Waals surface area contributed by atoms with Crippen molar-refractivity contribution in [3.05, 3.63) is 35.4 Å². The van der Waals surface area contributed by atoms with Gasteiger partial charge in [0.05, 0.1) is 12.0 Å². The summed E-state index contributed by atoms with van der Waals surface area (Å²) in [5.41, 5.74) is 2.05. The zero-order valence-corrected chi connectivity index (χ0v) is 15.6. The lowest BCUT2D eigenvalue weighted by atomic mass is 9.78. The largest absolute Gasteiger partial charge is 0.384 e. The zero-order valence-electron chi connectivity index (χ0n) is 15.6. The maximum absolute atomic E-state index is 12.6. The number of rotatable bonds is 7. The highest BCUT2D eigenvalue weighted by atomic mass is 16.5. The predicted octanol–water partition coefficient (Wildman–Crippen LogP) is 1.44. The summed E-state index contributed by atoms with van der Waals surface area (Å²) in [6.45, 7) is 4.06. The highest BCUT2D eigenvalue weighted by molar-refractivity contribution is 5.83. The highest BCUT2D eigenvalue weighted by Gasteiger charge is 2.39. The number of ether oxygens (including phenoxy) is 1. The van der Waals surface area contributed by atoms with Crippen molar-refractivity contribution in [1.29, 1.82) is 0 Å². The fourth-order valence-corrected chi connectivity index (χ4v) is 3.92. The van der Waals surface area contributed by atoms with Crippen molar-refractivity contribution in [2.45, 2.75) is 38.8 Å². The molecule has 0 bridgehead atoms. The van der Waals surface area contributed by atoms with Gasteiger partial charge in [-0.2, -0.15) is 0 Å². The minimum Gasteiger partial charge on any atom is -0.384 e. The summed E-state index contributed by atoms with van der Waals surface area (Å²) in [6, 6.07) is 8.19. The van der Waals surface area contributed by atoms with Crippen molar-refractivity contribution in [1.82, 2.24) is 15.5 Å². The quantitative estimate of drug-likeness (QED) is 0.723. The van der Waals surface area contributed by atoms with Crippen LogP contribution < -0.4 is 10.6 Å². The molecule has 0 aromatic heterocycles. The topological polar surface area (TPSA) is 70.7 Å². The molecule has 1 aromatic rings. The van der Waals surface area contributed by atoms with Gasteiger partial charge in [-0.15, -0.1) is 0 Å². The third-order valence-electron chi connectivity index (χ3n) is 5.51. The number of piperidine rings is 1. The monoisotopic (exact) mass is 359 g/mol. The van der Waals surface area contributed by atoms with Crippen LogP contribution in [0.25, 0.3) is 0 Å². The van der Waals surface area contributed by atoms with Gasteiger partial charge in [-0.05, 0) is 43.5 Å². The minimum absolute atomic E-state index is 0.0573. The van der Waals surface area contributed by atoms with E-state index in [4.69, 9.17) is 4.74 Å². The van der Waals surface area contributed by atoms with Gasteiger partial charge in [0, 0.05) is 33.2 Å². The van der Waals surface area contributed by atoms with E-state index < -0.39 is 5.41 Å². The molecule has 6 nitrogen and oxygen atoms in total. The Labute approximate surface area is 155 Å². The summed E-state index contributed by atoms with van der Waals surface area (Å²) < 4.78 is 5.30. The molecule has 0 aliphatic carbocycles. The first kappa shape index (κ1) is 18.9. The molecule has 2 N–H and O–H groups in total. The van der Waals surface area contributed by atoms with Crippen molar-refractivity contribution in [2.24, 2.45) is 5.41 Å². The molecule has 2 aliphatic rings. The number of carbonyl (C=O) groups excluding carboxylic acids is 2. The van der Waals surface area contributed by atoms with Gasteiger partial charge in [0.1, 0.15) is 0 Å². The molecule has 2 amide bonds. The van der Waals surface area contributed by atoms with Crippen LogP contribution in [-0.4, -0.2) is 50.1 Å². The molecule has 142 valence electrons. The second-order valence-electron chi connectivity index (χ2n) is 7.34. The zero-order chi connectivity index (χ0) is 18.4. The maximum Gasteiger partial charge on any atom is 0.228 e. The summed E-state index contributed by atoms with van der Waals surface area (Å²) >= 11 is 0. The van der Waals surface area contributed by atoms with Gasteiger partial charge in [-0.1, -0.05) is 24.3 Å². The Morgan fingerprint density at radius 3 is 2.46 bits per heavy atom. The molecular formula is C20H29N3O3. The molecule has 0 radical (unpaired) electrons. The Bertz CT molecular complexity index is 610. The summed E-state index contributed by atoms with van der Waals surface area (Å²) in [6.07, 6.45) is 2.71. The number of carbonyl (C=O) groups is 2. The Kier molecular flexibility index (Phi) is 6.27. The fourth-order valence-electron chi connectivity index (χ4n) is 3.92. The van der Waals surface area contributed by atoms with Crippen LogP contribution in [0.2, 0.25) is 0 Å². The van der Waals surface area contributed by atoms with E-state index in [1.807, 2.05) is 17.0 Å². The predicted molar refractivity (Wildman–Crippen MR) is 99.4 cm³/mol. The van der Waals surface area contributed by atoms with Gasteiger partial charge in [0.15, 0.2) is 0 Å². The number of benzene rings is 1. The summed E-state index contributed by atoms with van der Waals surface area (Å²) in [7, 11) is 1.64. The lowest BCUT2D eigenvalue weighted by molar-refractivity contribution is -0.136. The molecule has 6 heteroatoms. The third kappa shape index (κ3) is 4.24. The lowest BCUT2D eigenvalue weighted by Crippen LogP contribution is -2.50. The van der Waals surface area contributed by atoms with Gasteiger partial charge in [0.2, 0.25) is 11.8 Å². The average Bonchev–Trinajstić information content (AvgIpc) is 3.10. The summed E-state index contributed by atoms with van der Waals surface area (Å²) in [4.78, 5) is 27.0. The van der Waals surface area contributed by atoms with Gasteiger partial charge >= 0.3 is 0 Å². The molecule has 1 fully saturated rings. The van der Waals surface area contributed by atoms with Crippen molar-refractivity contribution < 1.29 is 14.3 Å². The van der Waals surface area contributed by atoms with Crippen LogP contribution in [0.3, 0.4) is 0 Å². The standard InChI is InChI=1S/C20H29N3O3/c1-26-15-20(8-11-21-12-9-20)19(25)22-10-4-7-18(24)23-13-16-5-2-3-6-17(16)14-23/h2-3,5-6,21H,4,7-15H2,1H3,(H,22,25). The molecule has 0 saturated carbocycles. The highest BCUT2D eigenvalue weighted by Crippen LogP contribution is 2.29. The van der Waals surface area contributed by atoms with Crippen LogP contribution in [-0.2, 0) is 27.4 Å². The van der Waals surface area contributed by atoms with E-state index >= 15 is 0 Å². The number of fused-ring (bicyclic) bond motifs is 1. The smallest absolute Gasteiger partial charge is 0.228 e. The second-order valence-corrected chi connectivity index (χ2v) is 7.34. The number of hydrogen-bond donors (Lipinski definition) is 2. The molecule has 1 aromatic carbocycles. The molecule has 3 rings (SSSR count). The molecule has 26 heavy (non-hydrogen) atoms. The fraction of sp³-hybridized carbons (Fsp3) is 0.600. The van der Waals surface area contributed by atoms with Crippen LogP contribution in [0, 0.1) is 5.41 Å². The molecule has 2 heterocycles. The molecular weight excluding hydrogens is 330 g/mol. The van der Waals surface area contributed by atoms with Crippen LogP contribution in [0.15, 0.2) is 24.3 Å². The number of methoxy groups -OCH3 is 1. The number of hydrogen-bond acceptors (Lipinski definition) is 4. The molecule has 1 saturated heterocycles. The number of nitrogens with zero attached hydrogens (tertiary/aromatic N) is 1. The van der Waals surface area contributed by atoms with E-state index in [9.17, 15) is 9.59 Å². The van der Waals surface area contributed by atoms with Crippen molar-refractivity contribution in [3.63, 3.8) is 0 Å². The second kappa shape index (κ2) is 8.64. The number of amides is 2. The normalized spacial score (nSPS) is 18.4. The van der Waals surface area contributed by atoms with E-state index in [1.165, 1.54) is 11.1 Å². The Morgan fingerprint density at radius 1 is 1.19 bits per heavy atom. The first-order chi connectivity index (χ1) is 12.6. The van der Waals surface area contributed by atoms with Crippen molar-refractivity contribution >= 4 is 11.8 Å². The van der Waals surface area contributed by atoms with E-state index in [1.54, 1.807) is 7.11 Å². The first-order valence-electron chi connectivity index (χ1n) is 9.47. The van der Waals surface area contributed by atoms with Crippen LogP contribution >= 0.6 is 0 Å². The number of nitrogens with one attached hydrogen (secondary N) is 2. The summed E-state index contributed by atoms with van der Waals surface area (Å²) in [5, 5.41) is 6.31. The third-order valence-corrected chi connectivity index (χ3v) is 5.51. The average molecular weight is 359 g/mol. The van der Waals surface area contributed by atoms with Crippen molar-refractivity contribution in [3.8, 4) is 0 Å². The molecule has 2 aliphatic heterocycles. The maximum atomic E-state index is 12.6. The van der Waals surface area contributed by atoms with Crippen LogP contribution in [0.5, 0.6) is 0 Å². The van der Waals surface area contributed by atoms with Crippen molar-refractivity contribution in [2.75, 3.05) is 33.4 Å². The first-order valence-corrected chi connectivity index (χ1v) is 9.47. The molecule has 0 spiro atoms. The SMILES string of the molecule is COCC1(C(=O)NCCCC(=O)N2Cc3ccccc3C2)CCNCC1. The van der Waals surface area contributed by atoms with Crippen LogP contribution in [0.4, 0.5) is 0 Å². The van der Waals surface area contributed by atoms with Gasteiger partial charge in [-0.3, -0.25) is 9.59 Å². The Hall–Kier alpha value is -1.92. The van der Waals surface area contributed by atoms with Crippen LogP contribution in [0.1, 0.15) is 36.8 Å². The Morgan fingerprint density at radius 2 is 1.85 bits per heavy atom. The Balaban J connectivity index is 1.41.